The lowest BCUT2D eigenvalue weighted by molar-refractivity contribution is 0.0791. The molecule has 2 aromatic carbocycles. The number of nitrogens with zero attached hydrogens (tertiary/aromatic N) is 3. The number of hydrogen-bond donors (Lipinski definition) is 1. The number of para-hydroxylation sites is 1. The van der Waals surface area contributed by atoms with Crippen molar-refractivity contribution in [3.8, 4) is 11.5 Å². The van der Waals surface area contributed by atoms with Gasteiger partial charge in [0.05, 0.1) is 19.8 Å². The van der Waals surface area contributed by atoms with Crippen molar-refractivity contribution >= 4 is 5.69 Å². The van der Waals surface area contributed by atoms with Crippen molar-refractivity contribution in [3.63, 3.8) is 0 Å². The summed E-state index contributed by atoms with van der Waals surface area (Å²) in [6, 6.07) is 16.8. The molecule has 2 aromatic rings. The van der Waals surface area contributed by atoms with E-state index in [4.69, 9.17) is 14.2 Å². The minimum Gasteiger partial charge on any atom is -0.493 e. The van der Waals surface area contributed by atoms with Gasteiger partial charge in [0.1, 0.15) is 6.61 Å². The van der Waals surface area contributed by atoms with Gasteiger partial charge in [-0.15, -0.1) is 0 Å². The molecule has 7 heteroatoms. The van der Waals surface area contributed by atoms with E-state index in [2.05, 4.69) is 51.1 Å². The van der Waals surface area contributed by atoms with Gasteiger partial charge < -0.3 is 24.2 Å². The average Bonchev–Trinajstić information content (AvgIpc) is 3.20. The highest BCUT2D eigenvalue weighted by atomic mass is 16.5. The van der Waals surface area contributed by atoms with Gasteiger partial charge in [-0.25, -0.2) is 0 Å². The largest absolute Gasteiger partial charge is 0.493 e. The van der Waals surface area contributed by atoms with E-state index in [-0.39, 0.29) is 12.1 Å². The number of anilines is 1. The molecule has 0 unspecified atom stereocenters. The predicted octanol–water partition coefficient (Wildman–Crippen LogP) is 2.09. The molecular weight excluding hydrogens is 406 g/mol. The summed E-state index contributed by atoms with van der Waals surface area (Å²) < 4.78 is 16.3. The first-order valence-electron chi connectivity index (χ1n) is 11.4. The highest BCUT2D eigenvalue weighted by molar-refractivity contribution is 5.46. The van der Waals surface area contributed by atoms with Crippen LogP contribution in [0.5, 0.6) is 11.5 Å². The lowest BCUT2D eigenvalue weighted by Gasteiger charge is -2.39. The van der Waals surface area contributed by atoms with Crippen molar-refractivity contribution in [2.24, 2.45) is 0 Å². The highest BCUT2D eigenvalue weighted by Gasteiger charge is 2.36. The fourth-order valence-corrected chi connectivity index (χ4v) is 4.71. The molecular formula is C25H35N3O4. The monoisotopic (exact) mass is 441 g/mol. The van der Waals surface area contributed by atoms with Crippen molar-refractivity contribution in [1.82, 2.24) is 9.80 Å². The van der Waals surface area contributed by atoms with Crippen LogP contribution in [0.3, 0.4) is 0 Å². The van der Waals surface area contributed by atoms with Gasteiger partial charge >= 0.3 is 0 Å². The Morgan fingerprint density at radius 2 is 1.69 bits per heavy atom. The third kappa shape index (κ3) is 5.53. The van der Waals surface area contributed by atoms with Gasteiger partial charge in [-0.1, -0.05) is 24.3 Å². The molecule has 0 amide bonds. The highest BCUT2D eigenvalue weighted by Crippen LogP contribution is 2.29. The average molecular weight is 442 g/mol. The maximum Gasteiger partial charge on any atom is 0.161 e. The Morgan fingerprint density at radius 3 is 2.41 bits per heavy atom. The first-order valence-corrected chi connectivity index (χ1v) is 11.4. The van der Waals surface area contributed by atoms with E-state index in [1.54, 1.807) is 14.2 Å². The number of benzene rings is 2. The molecule has 2 atom stereocenters. The summed E-state index contributed by atoms with van der Waals surface area (Å²) in [4.78, 5) is 7.22. The van der Waals surface area contributed by atoms with E-state index in [1.165, 1.54) is 5.69 Å². The van der Waals surface area contributed by atoms with Crippen molar-refractivity contribution in [2.75, 3.05) is 71.6 Å². The van der Waals surface area contributed by atoms with E-state index in [1.807, 2.05) is 12.1 Å². The molecule has 0 bridgehead atoms. The molecule has 174 valence electrons. The van der Waals surface area contributed by atoms with Crippen molar-refractivity contribution < 1.29 is 19.3 Å². The third-order valence-electron chi connectivity index (χ3n) is 6.42. The number of ether oxygens (including phenoxy) is 3. The Balaban J connectivity index is 1.32. The van der Waals surface area contributed by atoms with Crippen molar-refractivity contribution in [3.05, 3.63) is 54.1 Å². The first kappa shape index (κ1) is 22.9. The second kappa shape index (κ2) is 11.0. The molecule has 0 radical (unpaired) electrons. The summed E-state index contributed by atoms with van der Waals surface area (Å²) in [5.74, 6) is 1.45. The molecule has 2 saturated heterocycles. The van der Waals surface area contributed by atoms with Crippen LogP contribution in [-0.2, 0) is 11.3 Å². The maximum atomic E-state index is 10.8. The standard InChI is InChI=1S/C25H35N3O4/c1-30-14-15-32-25-16-20(8-9-24(25)31-2)17-26-18-22(23(29)19-26)28-12-10-27(11-13-28)21-6-4-3-5-7-21/h3-9,16,22-23,29H,10-15,17-19H2,1-2H3/t22-,23-/m0/s1. The van der Waals surface area contributed by atoms with E-state index < -0.39 is 0 Å². The number of aliphatic hydroxyl groups is 1. The van der Waals surface area contributed by atoms with Gasteiger partial charge in [-0.3, -0.25) is 9.80 Å². The Hall–Kier alpha value is -2.32. The molecule has 0 aromatic heterocycles. The molecule has 0 aliphatic carbocycles. The van der Waals surface area contributed by atoms with Crippen LogP contribution >= 0.6 is 0 Å². The van der Waals surface area contributed by atoms with Crippen LogP contribution < -0.4 is 14.4 Å². The van der Waals surface area contributed by atoms with E-state index in [0.29, 0.717) is 19.8 Å². The van der Waals surface area contributed by atoms with Crippen LogP contribution in [0.25, 0.3) is 0 Å². The lowest BCUT2D eigenvalue weighted by atomic mass is 10.1. The van der Waals surface area contributed by atoms with Crippen LogP contribution in [0.4, 0.5) is 5.69 Å². The fraction of sp³-hybridized carbons (Fsp3) is 0.520. The number of methoxy groups -OCH3 is 2. The molecule has 32 heavy (non-hydrogen) atoms. The van der Waals surface area contributed by atoms with Crippen LogP contribution in [0.1, 0.15) is 5.56 Å². The third-order valence-corrected chi connectivity index (χ3v) is 6.42. The second-order valence-corrected chi connectivity index (χ2v) is 8.51. The molecule has 2 fully saturated rings. The summed E-state index contributed by atoms with van der Waals surface area (Å²) in [6.07, 6.45) is -0.325. The van der Waals surface area contributed by atoms with E-state index >= 15 is 0 Å². The Bertz CT molecular complexity index is 842. The molecule has 0 spiro atoms. The molecule has 2 heterocycles. The minimum absolute atomic E-state index is 0.184. The zero-order chi connectivity index (χ0) is 22.3. The van der Waals surface area contributed by atoms with Gasteiger partial charge in [0, 0.05) is 64.7 Å². The van der Waals surface area contributed by atoms with E-state index in [9.17, 15) is 5.11 Å². The van der Waals surface area contributed by atoms with Crippen LogP contribution in [0, 0.1) is 0 Å². The lowest BCUT2D eigenvalue weighted by Crippen LogP contribution is -2.53. The summed E-state index contributed by atoms with van der Waals surface area (Å²) in [7, 11) is 3.31. The smallest absolute Gasteiger partial charge is 0.161 e. The van der Waals surface area contributed by atoms with E-state index in [0.717, 1.165) is 56.3 Å². The molecule has 2 aliphatic heterocycles. The number of aliphatic hydroxyl groups excluding tert-OH is 1. The summed E-state index contributed by atoms with van der Waals surface area (Å²) in [5.41, 5.74) is 2.43. The quantitative estimate of drug-likeness (QED) is 0.598. The summed E-state index contributed by atoms with van der Waals surface area (Å²) in [6.45, 7) is 7.30. The van der Waals surface area contributed by atoms with Gasteiger partial charge in [-0.05, 0) is 29.8 Å². The molecule has 2 aliphatic rings. The molecule has 7 nitrogen and oxygen atoms in total. The molecule has 0 saturated carbocycles. The topological polar surface area (TPSA) is 57.6 Å². The number of likely N-dealkylation sites (tertiary alicyclic amines) is 1. The van der Waals surface area contributed by atoms with Crippen molar-refractivity contribution in [2.45, 2.75) is 18.7 Å². The van der Waals surface area contributed by atoms with Gasteiger partial charge in [-0.2, -0.15) is 0 Å². The Morgan fingerprint density at radius 1 is 0.906 bits per heavy atom. The van der Waals surface area contributed by atoms with Gasteiger partial charge in [0.15, 0.2) is 11.5 Å². The first-order chi connectivity index (χ1) is 15.7. The Labute approximate surface area is 191 Å². The maximum absolute atomic E-state index is 10.8. The number of piperazine rings is 1. The Kier molecular flexibility index (Phi) is 7.86. The fourth-order valence-electron chi connectivity index (χ4n) is 4.71. The molecule has 4 rings (SSSR count). The zero-order valence-electron chi connectivity index (χ0n) is 19.2. The second-order valence-electron chi connectivity index (χ2n) is 8.51. The SMILES string of the molecule is COCCOc1cc(CN2C[C@H](O)[C@@H](N3CCN(c4ccccc4)CC3)C2)ccc1OC. The van der Waals surface area contributed by atoms with Gasteiger partial charge in [0.2, 0.25) is 0 Å². The summed E-state index contributed by atoms with van der Waals surface area (Å²) >= 11 is 0. The minimum atomic E-state index is -0.325. The number of β-amino-alcohol motifs (C(OH)–C–C–N with tert-alkyl or cyclic N) is 1. The number of rotatable bonds is 9. The van der Waals surface area contributed by atoms with Crippen LogP contribution in [-0.4, -0.2) is 93.8 Å². The molecule has 1 N–H and O–H groups in total. The number of hydrogen-bond acceptors (Lipinski definition) is 7. The van der Waals surface area contributed by atoms with Crippen molar-refractivity contribution in [1.29, 1.82) is 0 Å². The zero-order valence-corrected chi connectivity index (χ0v) is 19.2. The normalized spacial score (nSPS) is 22.3. The summed E-state index contributed by atoms with van der Waals surface area (Å²) in [5, 5.41) is 10.8. The predicted molar refractivity (Wildman–Crippen MR) is 126 cm³/mol. The van der Waals surface area contributed by atoms with Crippen LogP contribution in [0.15, 0.2) is 48.5 Å². The van der Waals surface area contributed by atoms with Crippen LogP contribution in [0.2, 0.25) is 0 Å². The van der Waals surface area contributed by atoms with Gasteiger partial charge in [0.25, 0.3) is 0 Å².